The maximum absolute atomic E-state index is 5.27. The first-order valence-electron chi connectivity index (χ1n) is 6.76. The third-order valence-electron chi connectivity index (χ3n) is 3.36. The molecule has 0 bridgehead atoms. The molecule has 0 amide bonds. The molecule has 0 saturated heterocycles. The van der Waals surface area contributed by atoms with E-state index in [2.05, 4.69) is 47.3 Å². The van der Waals surface area contributed by atoms with Crippen molar-refractivity contribution < 1.29 is 4.42 Å². The van der Waals surface area contributed by atoms with Crippen molar-refractivity contribution >= 4 is 17.0 Å². The number of H-pyrrole nitrogens is 1. The molecular formula is C17H18N2O. The molecular weight excluding hydrogens is 248 g/mol. The van der Waals surface area contributed by atoms with Crippen LogP contribution in [-0.4, -0.2) is 23.5 Å². The Labute approximate surface area is 118 Å². The zero-order valence-electron chi connectivity index (χ0n) is 11.5. The van der Waals surface area contributed by atoms with Crippen LogP contribution in [-0.2, 0) is 6.54 Å². The van der Waals surface area contributed by atoms with Gasteiger partial charge in [0.05, 0.1) is 6.26 Å². The highest BCUT2D eigenvalue weighted by Crippen LogP contribution is 2.18. The Bertz CT molecular complexity index is 695. The normalized spacial score (nSPS) is 11.9. The summed E-state index contributed by atoms with van der Waals surface area (Å²) in [6.07, 6.45) is 7.81. The van der Waals surface area contributed by atoms with Gasteiger partial charge in [0.2, 0.25) is 0 Å². The Balaban J connectivity index is 1.64. The van der Waals surface area contributed by atoms with Gasteiger partial charge in [0.1, 0.15) is 5.76 Å². The molecule has 0 aliphatic heterocycles. The molecule has 0 aliphatic rings. The van der Waals surface area contributed by atoms with E-state index in [4.69, 9.17) is 4.42 Å². The quantitative estimate of drug-likeness (QED) is 0.759. The fraction of sp³-hybridized carbons (Fsp3) is 0.176. The van der Waals surface area contributed by atoms with E-state index >= 15 is 0 Å². The topological polar surface area (TPSA) is 32.2 Å². The van der Waals surface area contributed by atoms with E-state index < -0.39 is 0 Å². The second-order valence-corrected chi connectivity index (χ2v) is 4.97. The van der Waals surface area contributed by atoms with E-state index in [1.807, 2.05) is 24.4 Å². The third-order valence-corrected chi connectivity index (χ3v) is 3.36. The van der Waals surface area contributed by atoms with Crippen LogP contribution in [0.2, 0.25) is 0 Å². The minimum atomic E-state index is 0.887. The van der Waals surface area contributed by atoms with Gasteiger partial charge in [-0.3, -0.25) is 4.90 Å². The largest absolute Gasteiger partial charge is 0.465 e. The zero-order valence-corrected chi connectivity index (χ0v) is 11.5. The maximum atomic E-state index is 5.27. The van der Waals surface area contributed by atoms with Crippen molar-refractivity contribution in [1.82, 2.24) is 9.88 Å². The van der Waals surface area contributed by atoms with Gasteiger partial charge in [-0.05, 0) is 42.3 Å². The lowest BCUT2D eigenvalue weighted by molar-refractivity contribution is 0.365. The van der Waals surface area contributed by atoms with Crippen LogP contribution in [0.5, 0.6) is 0 Å². The summed E-state index contributed by atoms with van der Waals surface area (Å²) in [6.45, 7) is 1.80. The first-order valence-corrected chi connectivity index (χ1v) is 6.76. The molecule has 3 aromatic rings. The van der Waals surface area contributed by atoms with Crippen molar-refractivity contribution in [2.24, 2.45) is 0 Å². The Kier molecular flexibility index (Phi) is 3.70. The van der Waals surface area contributed by atoms with Crippen LogP contribution < -0.4 is 0 Å². The molecule has 0 unspecified atom stereocenters. The summed E-state index contributed by atoms with van der Waals surface area (Å²) in [5, 5.41) is 1.27. The fourth-order valence-electron chi connectivity index (χ4n) is 2.37. The Morgan fingerprint density at radius 3 is 3.00 bits per heavy atom. The summed E-state index contributed by atoms with van der Waals surface area (Å²) in [4.78, 5) is 5.59. The molecule has 1 aromatic carbocycles. The summed E-state index contributed by atoms with van der Waals surface area (Å²) in [7, 11) is 2.12. The van der Waals surface area contributed by atoms with Gasteiger partial charge >= 0.3 is 0 Å². The van der Waals surface area contributed by atoms with Gasteiger partial charge in [-0.2, -0.15) is 0 Å². The number of rotatable bonds is 5. The highest BCUT2D eigenvalue weighted by Gasteiger charge is 2.04. The fourth-order valence-corrected chi connectivity index (χ4v) is 2.37. The lowest BCUT2D eigenvalue weighted by atomic mass is 10.1. The number of likely N-dealkylation sites (N-methyl/N-ethyl adjacent to an activating group) is 1. The van der Waals surface area contributed by atoms with Gasteiger partial charge in [0, 0.05) is 24.8 Å². The average Bonchev–Trinajstić information content (AvgIpc) is 3.09. The van der Waals surface area contributed by atoms with Gasteiger partial charge in [-0.1, -0.05) is 24.3 Å². The lowest BCUT2D eigenvalue weighted by Gasteiger charge is -2.15. The summed E-state index contributed by atoms with van der Waals surface area (Å²) in [5.74, 6) is 0.893. The highest BCUT2D eigenvalue weighted by molar-refractivity contribution is 5.82. The van der Waals surface area contributed by atoms with E-state index in [1.54, 1.807) is 6.26 Å². The molecule has 20 heavy (non-hydrogen) atoms. The number of nitrogens with one attached hydrogen (secondary N) is 1. The summed E-state index contributed by atoms with van der Waals surface area (Å²) < 4.78 is 5.27. The van der Waals surface area contributed by atoms with Gasteiger partial charge in [-0.15, -0.1) is 0 Å². The molecule has 0 radical (unpaired) electrons. The Hall–Kier alpha value is -2.26. The molecule has 3 rings (SSSR count). The van der Waals surface area contributed by atoms with E-state index in [1.165, 1.54) is 16.5 Å². The second kappa shape index (κ2) is 5.80. The zero-order chi connectivity index (χ0) is 13.8. The third kappa shape index (κ3) is 2.83. The molecule has 0 saturated carbocycles. The Morgan fingerprint density at radius 1 is 1.20 bits per heavy atom. The van der Waals surface area contributed by atoms with Crippen LogP contribution in [0, 0.1) is 0 Å². The predicted octanol–water partition coefficient (Wildman–Crippen LogP) is 3.91. The highest BCUT2D eigenvalue weighted by atomic mass is 16.3. The SMILES string of the molecule is CN(CC=Cc1ccco1)Cc1cccc2cc[nH]c12. The van der Waals surface area contributed by atoms with Crippen molar-refractivity contribution in [1.29, 1.82) is 0 Å². The van der Waals surface area contributed by atoms with Gasteiger partial charge in [0.15, 0.2) is 0 Å². The van der Waals surface area contributed by atoms with Crippen molar-refractivity contribution in [3.05, 3.63) is 66.3 Å². The van der Waals surface area contributed by atoms with Crippen LogP contribution in [0.25, 0.3) is 17.0 Å². The molecule has 0 spiro atoms. The molecule has 3 nitrogen and oxygen atoms in total. The standard InChI is InChI=1S/C17H18N2O/c1-19(11-3-7-16-8-4-12-20-16)13-15-6-2-5-14-9-10-18-17(14)15/h2-10,12,18H,11,13H2,1H3. The minimum absolute atomic E-state index is 0.887. The molecule has 1 N–H and O–H groups in total. The molecule has 0 atom stereocenters. The van der Waals surface area contributed by atoms with E-state index in [0.717, 1.165) is 18.8 Å². The van der Waals surface area contributed by atoms with Crippen LogP contribution in [0.4, 0.5) is 0 Å². The van der Waals surface area contributed by atoms with E-state index in [-0.39, 0.29) is 0 Å². The molecule has 3 heteroatoms. The van der Waals surface area contributed by atoms with Gasteiger partial charge in [-0.25, -0.2) is 0 Å². The average molecular weight is 266 g/mol. The van der Waals surface area contributed by atoms with Crippen LogP contribution in [0.1, 0.15) is 11.3 Å². The molecule has 2 aromatic heterocycles. The smallest absolute Gasteiger partial charge is 0.126 e. The molecule has 2 heterocycles. The molecule has 0 fully saturated rings. The Morgan fingerprint density at radius 2 is 2.15 bits per heavy atom. The second-order valence-electron chi connectivity index (χ2n) is 4.97. The number of fused-ring (bicyclic) bond motifs is 1. The van der Waals surface area contributed by atoms with E-state index in [9.17, 15) is 0 Å². The summed E-state index contributed by atoms with van der Waals surface area (Å²) >= 11 is 0. The number of hydrogen-bond acceptors (Lipinski definition) is 2. The van der Waals surface area contributed by atoms with Crippen LogP contribution in [0.3, 0.4) is 0 Å². The lowest BCUT2D eigenvalue weighted by Crippen LogP contribution is -2.17. The predicted molar refractivity (Wildman–Crippen MR) is 82.4 cm³/mol. The van der Waals surface area contributed by atoms with Gasteiger partial charge < -0.3 is 9.40 Å². The number of aromatic nitrogens is 1. The first kappa shape index (κ1) is 12.8. The maximum Gasteiger partial charge on any atom is 0.126 e. The minimum Gasteiger partial charge on any atom is -0.465 e. The van der Waals surface area contributed by atoms with Crippen LogP contribution in [0.15, 0.2) is 59.4 Å². The van der Waals surface area contributed by atoms with Crippen LogP contribution >= 0.6 is 0 Å². The van der Waals surface area contributed by atoms with E-state index in [0.29, 0.717) is 0 Å². The summed E-state index contributed by atoms with van der Waals surface area (Å²) in [6, 6.07) is 12.4. The van der Waals surface area contributed by atoms with Crippen molar-refractivity contribution in [2.45, 2.75) is 6.54 Å². The number of furan rings is 1. The number of para-hydroxylation sites is 1. The van der Waals surface area contributed by atoms with Crippen molar-refractivity contribution in [2.75, 3.05) is 13.6 Å². The number of aromatic amines is 1. The molecule has 102 valence electrons. The molecule has 0 aliphatic carbocycles. The number of nitrogens with zero attached hydrogens (tertiary/aromatic N) is 1. The first-order chi connectivity index (χ1) is 9.83. The number of benzene rings is 1. The van der Waals surface area contributed by atoms with Crippen molar-refractivity contribution in [3.8, 4) is 0 Å². The van der Waals surface area contributed by atoms with Gasteiger partial charge in [0.25, 0.3) is 0 Å². The number of hydrogen-bond donors (Lipinski definition) is 1. The van der Waals surface area contributed by atoms with Crippen molar-refractivity contribution in [3.63, 3.8) is 0 Å². The monoisotopic (exact) mass is 266 g/mol. The summed E-state index contributed by atoms with van der Waals surface area (Å²) in [5.41, 5.74) is 2.55.